The summed E-state index contributed by atoms with van der Waals surface area (Å²) in [5.41, 5.74) is -0.425. The molecule has 0 aromatic carbocycles. The molecule has 1 fully saturated rings. The molecule has 0 amide bonds. The smallest absolute Gasteiger partial charge is 0.320 e. The maximum absolute atomic E-state index is 11.7. The molecule has 0 radical (unpaired) electrons. The van der Waals surface area contributed by atoms with Crippen molar-refractivity contribution in [2.75, 3.05) is 7.11 Å². The monoisotopic (exact) mass is 292 g/mol. The average molecular weight is 293 g/mol. The number of ether oxygens (including phenoxy) is 2. The molecule has 1 saturated carbocycles. The summed E-state index contributed by atoms with van der Waals surface area (Å²) in [6.07, 6.45) is 3.30. The largest absolute Gasteiger partial charge is 0.459 e. The van der Waals surface area contributed by atoms with E-state index in [2.05, 4.69) is 15.9 Å². The van der Waals surface area contributed by atoms with Crippen LogP contribution in [0.4, 0.5) is 0 Å². The van der Waals surface area contributed by atoms with E-state index < -0.39 is 5.60 Å². The molecule has 16 heavy (non-hydrogen) atoms. The average Bonchev–Trinajstić information content (AvgIpc) is 2.94. The first kappa shape index (κ1) is 14.0. The minimum atomic E-state index is -0.425. The van der Waals surface area contributed by atoms with Gasteiger partial charge < -0.3 is 9.47 Å². The van der Waals surface area contributed by atoms with Gasteiger partial charge in [-0.3, -0.25) is 4.79 Å². The first-order valence-corrected chi connectivity index (χ1v) is 6.65. The van der Waals surface area contributed by atoms with Crippen molar-refractivity contribution in [2.45, 2.75) is 56.6 Å². The van der Waals surface area contributed by atoms with Crippen LogP contribution in [0.25, 0.3) is 0 Å². The van der Waals surface area contributed by atoms with Crippen LogP contribution in [0.5, 0.6) is 0 Å². The van der Waals surface area contributed by atoms with Crippen molar-refractivity contribution in [2.24, 2.45) is 5.92 Å². The van der Waals surface area contributed by atoms with Gasteiger partial charge in [0.25, 0.3) is 0 Å². The summed E-state index contributed by atoms with van der Waals surface area (Å²) in [6, 6.07) is 0. The van der Waals surface area contributed by atoms with Gasteiger partial charge in [-0.05, 0) is 46.0 Å². The van der Waals surface area contributed by atoms with Crippen molar-refractivity contribution < 1.29 is 14.3 Å². The summed E-state index contributed by atoms with van der Waals surface area (Å²) < 4.78 is 10.7. The molecule has 1 rings (SSSR count). The van der Waals surface area contributed by atoms with Gasteiger partial charge in [0.05, 0.1) is 6.10 Å². The Bertz CT molecular complexity index is 243. The van der Waals surface area contributed by atoms with Gasteiger partial charge >= 0.3 is 5.97 Å². The highest BCUT2D eigenvalue weighted by molar-refractivity contribution is 9.10. The Morgan fingerprint density at radius 3 is 2.38 bits per heavy atom. The van der Waals surface area contributed by atoms with Crippen molar-refractivity contribution in [3.8, 4) is 0 Å². The SMILES string of the molecule is COC(CC(Br)C(=O)OC(C)(C)C)C1CC1. The van der Waals surface area contributed by atoms with Crippen LogP contribution in [0.2, 0.25) is 0 Å². The van der Waals surface area contributed by atoms with Crippen LogP contribution < -0.4 is 0 Å². The first-order chi connectivity index (χ1) is 7.33. The fraction of sp³-hybridized carbons (Fsp3) is 0.917. The van der Waals surface area contributed by atoms with E-state index in [1.165, 1.54) is 12.8 Å². The first-order valence-electron chi connectivity index (χ1n) is 5.73. The van der Waals surface area contributed by atoms with E-state index in [4.69, 9.17) is 9.47 Å². The lowest BCUT2D eigenvalue weighted by Crippen LogP contribution is -2.31. The Labute approximate surface area is 106 Å². The number of methoxy groups -OCH3 is 1. The molecule has 0 saturated heterocycles. The minimum Gasteiger partial charge on any atom is -0.459 e. The van der Waals surface area contributed by atoms with E-state index in [1.807, 2.05) is 20.8 Å². The summed E-state index contributed by atoms with van der Waals surface area (Å²) in [5, 5.41) is 0. The second kappa shape index (κ2) is 5.50. The van der Waals surface area contributed by atoms with Crippen molar-refractivity contribution in [1.29, 1.82) is 0 Å². The quantitative estimate of drug-likeness (QED) is 0.577. The van der Waals surface area contributed by atoms with Crippen molar-refractivity contribution in [1.82, 2.24) is 0 Å². The maximum atomic E-state index is 11.7. The van der Waals surface area contributed by atoms with E-state index >= 15 is 0 Å². The molecule has 94 valence electrons. The Kier molecular flexibility index (Phi) is 4.80. The number of halogens is 1. The molecular formula is C12H21BrO3. The zero-order valence-electron chi connectivity index (χ0n) is 10.5. The van der Waals surface area contributed by atoms with Crippen LogP contribution in [0.15, 0.2) is 0 Å². The molecule has 1 aliphatic rings. The molecule has 0 aliphatic heterocycles. The van der Waals surface area contributed by atoms with E-state index in [0.29, 0.717) is 12.3 Å². The van der Waals surface area contributed by atoms with Gasteiger partial charge in [0, 0.05) is 7.11 Å². The number of hydrogen-bond acceptors (Lipinski definition) is 3. The van der Waals surface area contributed by atoms with Crippen LogP contribution in [0, 0.1) is 5.92 Å². The lowest BCUT2D eigenvalue weighted by Gasteiger charge is -2.23. The number of alkyl halides is 1. The number of rotatable bonds is 5. The third kappa shape index (κ3) is 4.83. The molecule has 3 nitrogen and oxygen atoms in total. The number of carbonyl (C=O) groups excluding carboxylic acids is 1. The molecule has 0 spiro atoms. The van der Waals surface area contributed by atoms with Gasteiger partial charge in [-0.25, -0.2) is 0 Å². The Morgan fingerprint density at radius 1 is 1.44 bits per heavy atom. The Hall–Kier alpha value is -0.0900. The highest BCUT2D eigenvalue weighted by Crippen LogP contribution is 2.37. The molecule has 0 aromatic heterocycles. The van der Waals surface area contributed by atoms with Crippen LogP contribution in [-0.2, 0) is 14.3 Å². The number of carbonyl (C=O) groups is 1. The zero-order chi connectivity index (χ0) is 12.3. The molecule has 2 unspecified atom stereocenters. The van der Waals surface area contributed by atoms with Gasteiger partial charge in [0.15, 0.2) is 0 Å². The normalized spacial score (nSPS) is 20.3. The Morgan fingerprint density at radius 2 is 2.00 bits per heavy atom. The maximum Gasteiger partial charge on any atom is 0.320 e. The second-order valence-electron chi connectivity index (χ2n) is 5.35. The zero-order valence-corrected chi connectivity index (χ0v) is 12.0. The van der Waals surface area contributed by atoms with E-state index in [-0.39, 0.29) is 16.9 Å². The van der Waals surface area contributed by atoms with Gasteiger partial charge in [-0.2, -0.15) is 0 Å². The highest BCUT2D eigenvalue weighted by Gasteiger charge is 2.35. The molecule has 0 bridgehead atoms. The van der Waals surface area contributed by atoms with E-state index in [0.717, 1.165) is 0 Å². The van der Waals surface area contributed by atoms with Crippen LogP contribution in [-0.4, -0.2) is 29.6 Å². The van der Waals surface area contributed by atoms with Gasteiger partial charge in [-0.15, -0.1) is 0 Å². The molecule has 4 heteroatoms. The molecule has 0 N–H and O–H groups in total. The standard InChI is InChI=1S/C12H21BrO3/c1-12(2,3)16-11(14)9(13)7-10(15-4)8-5-6-8/h8-10H,5-7H2,1-4H3. The highest BCUT2D eigenvalue weighted by atomic mass is 79.9. The summed E-state index contributed by atoms with van der Waals surface area (Å²) in [5.74, 6) is 0.433. The third-order valence-electron chi connectivity index (χ3n) is 2.55. The lowest BCUT2D eigenvalue weighted by molar-refractivity contribution is -0.154. The summed E-state index contributed by atoms with van der Waals surface area (Å²) in [4.78, 5) is 11.5. The summed E-state index contributed by atoms with van der Waals surface area (Å²) in [7, 11) is 1.71. The molecule has 2 atom stereocenters. The van der Waals surface area contributed by atoms with Gasteiger partial charge in [0.1, 0.15) is 10.4 Å². The van der Waals surface area contributed by atoms with Gasteiger partial charge in [0.2, 0.25) is 0 Å². The predicted molar refractivity (Wildman–Crippen MR) is 66.7 cm³/mol. The van der Waals surface area contributed by atoms with Crippen LogP contribution in [0.3, 0.4) is 0 Å². The van der Waals surface area contributed by atoms with E-state index in [9.17, 15) is 4.79 Å². The Balaban J connectivity index is 2.38. The van der Waals surface area contributed by atoms with Crippen LogP contribution in [0.1, 0.15) is 40.0 Å². The van der Waals surface area contributed by atoms with Crippen LogP contribution >= 0.6 is 15.9 Å². The summed E-state index contributed by atoms with van der Waals surface area (Å²) >= 11 is 3.38. The van der Waals surface area contributed by atoms with E-state index in [1.54, 1.807) is 7.11 Å². The topological polar surface area (TPSA) is 35.5 Å². The van der Waals surface area contributed by atoms with Gasteiger partial charge in [-0.1, -0.05) is 15.9 Å². The second-order valence-corrected chi connectivity index (χ2v) is 6.45. The fourth-order valence-corrected chi connectivity index (χ4v) is 2.08. The van der Waals surface area contributed by atoms with Crippen molar-refractivity contribution >= 4 is 21.9 Å². The lowest BCUT2D eigenvalue weighted by atomic mass is 10.1. The fourth-order valence-electron chi connectivity index (χ4n) is 1.62. The molecule has 0 aromatic rings. The predicted octanol–water partition coefficient (Wildman–Crippen LogP) is 2.91. The molecule has 1 aliphatic carbocycles. The number of hydrogen-bond donors (Lipinski definition) is 0. The van der Waals surface area contributed by atoms with Crippen molar-refractivity contribution in [3.05, 3.63) is 0 Å². The van der Waals surface area contributed by atoms with Crippen molar-refractivity contribution in [3.63, 3.8) is 0 Å². The summed E-state index contributed by atoms with van der Waals surface area (Å²) in [6.45, 7) is 5.62. The minimum absolute atomic E-state index is 0.178. The molecule has 0 heterocycles. The number of esters is 1. The third-order valence-corrected chi connectivity index (χ3v) is 3.30. The molecular weight excluding hydrogens is 272 g/mol.